The van der Waals surface area contributed by atoms with Gasteiger partial charge >= 0.3 is 0 Å². The minimum atomic E-state index is -0.492. The zero-order valence-corrected chi connectivity index (χ0v) is 16.7. The molecule has 1 aliphatic rings. The number of para-hydroxylation sites is 1. The Labute approximate surface area is 173 Å². The molecule has 0 spiro atoms. The van der Waals surface area contributed by atoms with Gasteiger partial charge in [0.05, 0.1) is 13.0 Å². The summed E-state index contributed by atoms with van der Waals surface area (Å²) in [5.41, 5.74) is 2.25. The van der Waals surface area contributed by atoms with Crippen LogP contribution >= 0.6 is 11.8 Å². The second-order valence-corrected chi connectivity index (χ2v) is 7.83. The third-order valence-electron chi connectivity index (χ3n) is 4.73. The van der Waals surface area contributed by atoms with Crippen molar-refractivity contribution in [1.82, 2.24) is 0 Å². The minimum Gasteiger partial charge on any atom is -0.497 e. The van der Waals surface area contributed by atoms with E-state index in [0.717, 1.165) is 21.1 Å². The molecule has 5 nitrogen and oxygen atoms in total. The molecule has 2 N–H and O–H groups in total. The molecule has 146 valence electrons. The van der Waals surface area contributed by atoms with Crippen molar-refractivity contribution in [2.24, 2.45) is 0 Å². The lowest BCUT2D eigenvalue weighted by molar-refractivity contribution is -0.123. The summed E-state index contributed by atoms with van der Waals surface area (Å²) in [5.74, 6) is 0.0108. The molecule has 0 bridgehead atoms. The Kier molecular flexibility index (Phi) is 5.53. The molecule has 6 heteroatoms. The van der Waals surface area contributed by atoms with Crippen molar-refractivity contribution in [3.05, 3.63) is 78.4 Å². The second-order valence-electron chi connectivity index (χ2n) is 6.68. The first-order valence-electron chi connectivity index (χ1n) is 9.24. The Bertz CT molecular complexity index is 1030. The molecule has 0 radical (unpaired) electrons. The molecule has 0 saturated carbocycles. The lowest BCUT2D eigenvalue weighted by Crippen LogP contribution is -2.30. The van der Waals surface area contributed by atoms with E-state index in [9.17, 15) is 9.59 Å². The van der Waals surface area contributed by atoms with E-state index in [2.05, 4.69) is 10.6 Å². The molecular formula is C23H20N2O3S. The molecule has 0 saturated heterocycles. The Morgan fingerprint density at radius 3 is 2.34 bits per heavy atom. The highest BCUT2D eigenvalue weighted by Crippen LogP contribution is 2.33. The SMILES string of the molecule is COc1ccc(Sc2ccc(NC(=O)C3CC(=O)Nc4ccccc43)cc2)cc1. The van der Waals surface area contributed by atoms with Crippen molar-refractivity contribution >= 4 is 35.0 Å². The van der Waals surface area contributed by atoms with Crippen LogP contribution in [0.4, 0.5) is 11.4 Å². The maximum Gasteiger partial charge on any atom is 0.232 e. The Morgan fingerprint density at radius 1 is 1.00 bits per heavy atom. The number of rotatable bonds is 5. The summed E-state index contributed by atoms with van der Waals surface area (Å²) < 4.78 is 5.18. The van der Waals surface area contributed by atoms with E-state index in [0.29, 0.717) is 11.4 Å². The molecule has 29 heavy (non-hydrogen) atoms. The van der Waals surface area contributed by atoms with E-state index < -0.39 is 5.92 Å². The van der Waals surface area contributed by atoms with Gasteiger partial charge in [-0.15, -0.1) is 0 Å². The maximum absolute atomic E-state index is 12.8. The average molecular weight is 404 g/mol. The summed E-state index contributed by atoms with van der Waals surface area (Å²) in [7, 11) is 1.65. The van der Waals surface area contributed by atoms with E-state index in [1.807, 2.05) is 72.8 Å². The largest absolute Gasteiger partial charge is 0.497 e. The Hall–Kier alpha value is -3.25. The number of amides is 2. The molecule has 4 rings (SSSR count). The standard InChI is InChI=1S/C23H20N2O3S/c1-28-16-8-12-18(13-9-16)29-17-10-6-15(7-11-17)24-23(27)20-14-22(26)25-21-5-3-2-4-19(20)21/h2-13,20H,14H2,1H3,(H,24,27)(H,25,26). The quantitative estimate of drug-likeness (QED) is 0.634. The zero-order chi connectivity index (χ0) is 20.2. The number of nitrogens with one attached hydrogen (secondary N) is 2. The van der Waals surface area contributed by atoms with Gasteiger partial charge in [0.1, 0.15) is 5.75 Å². The highest BCUT2D eigenvalue weighted by atomic mass is 32.2. The van der Waals surface area contributed by atoms with E-state index in [-0.39, 0.29) is 18.2 Å². The summed E-state index contributed by atoms with van der Waals surface area (Å²) in [5, 5.41) is 5.75. The molecule has 2 amide bonds. The van der Waals surface area contributed by atoms with Gasteiger partial charge in [-0.05, 0) is 60.2 Å². The van der Waals surface area contributed by atoms with Gasteiger partial charge in [0, 0.05) is 27.6 Å². The van der Waals surface area contributed by atoms with Gasteiger partial charge in [0.25, 0.3) is 0 Å². The average Bonchev–Trinajstić information content (AvgIpc) is 2.75. The van der Waals surface area contributed by atoms with Crippen LogP contribution in [0.25, 0.3) is 0 Å². The van der Waals surface area contributed by atoms with E-state index in [1.54, 1.807) is 18.9 Å². The van der Waals surface area contributed by atoms with E-state index in [4.69, 9.17) is 4.74 Å². The van der Waals surface area contributed by atoms with Crippen molar-refractivity contribution in [2.45, 2.75) is 22.1 Å². The first kappa shape index (κ1) is 19.1. The summed E-state index contributed by atoms with van der Waals surface area (Å²) in [6.07, 6.45) is 0.147. The second kappa shape index (κ2) is 8.41. The molecule has 1 aliphatic heterocycles. The summed E-state index contributed by atoms with van der Waals surface area (Å²) in [4.78, 5) is 26.9. The smallest absolute Gasteiger partial charge is 0.232 e. The van der Waals surface area contributed by atoms with Crippen LogP contribution in [-0.4, -0.2) is 18.9 Å². The van der Waals surface area contributed by atoms with Crippen LogP contribution in [-0.2, 0) is 9.59 Å². The fraction of sp³-hybridized carbons (Fsp3) is 0.130. The van der Waals surface area contributed by atoms with Gasteiger partial charge in [-0.1, -0.05) is 30.0 Å². The van der Waals surface area contributed by atoms with Crippen LogP contribution < -0.4 is 15.4 Å². The number of hydrogen-bond donors (Lipinski definition) is 2. The molecule has 3 aromatic rings. The normalized spacial score (nSPS) is 15.2. The fourth-order valence-electron chi connectivity index (χ4n) is 3.26. The molecule has 0 aliphatic carbocycles. The van der Waals surface area contributed by atoms with Gasteiger partial charge < -0.3 is 15.4 Å². The van der Waals surface area contributed by atoms with Crippen LogP contribution in [0.3, 0.4) is 0 Å². The van der Waals surface area contributed by atoms with Crippen molar-refractivity contribution in [3.8, 4) is 5.75 Å². The summed E-state index contributed by atoms with van der Waals surface area (Å²) in [6.45, 7) is 0. The van der Waals surface area contributed by atoms with Crippen LogP contribution in [0.15, 0.2) is 82.6 Å². The van der Waals surface area contributed by atoms with E-state index >= 15 is 0 Å². The molecule has 1 heterocycles. The van der Waals surface area contributed by atoms with Gasteiger partial charge in [-0.2, -0.15) is 0 Å². The molecular weight excluding hydrogens is 384 g/mol. The fourth-order valence-corrected chi connectivity index (χ4v) is 4.08. The number of benzene rings is 3. The predicted molar refractivity (Wildman–Crippen MR) is 115 cm³/mol. The van der Waals surface area contributed by atoms with Crippen molar-refractivity contribution < 1.29 is 14.3 Å². The Morgan fingerprint density at radius 2 is 1.66 bits per heavy atom. The third kappa shape index (κ3) is 4.43. The first-order chi connectivity index (χ1) is 14.1. The molecule has 0 fully saturated rings. The molecule has 1 unspecified atom stereocenters. The van der Waals surface area contributed by atoms with Gasteiger partial charge in [-0.25, -0.2) is 0 Å². The van der Waals surface area contributed by atoms with Crippen molar-refractivity contribution in [1.29, 1.82) is 0 Å². The molecule has 0 aromatic heterocycles. The number of fused-ring (bicyclic) bond motifs is 1. The van der Waals surface area contributed by atoms with Gasteiger partial charge in [0.15, 0.2) is 0 Å². The van der Waals surface area contributed by atoms with Crippen LogP contribution in [0.5, 0.6) is 5.75 Å². The molecule has 3 aromatic carbocycles. The van der Waals surface area contributed by atoms with E-state index in [1.165, 1.54) is 0 Å². The number of carbonyl (C=O) groups is 2. The maximum atomic E-state index is 12.8. The number of carbonyl (C=O) groups excluding carboxylic acids is 2. The van der Waals surface area contributed by atoms with Crippen molar-refractivity contribution in [2.75, 3.05) is 17.7 Å². The van der Waals surface area contributed by atoms with Crippen molar-refractivity contribution in [3.63, 3.8) is 0 Å². The van der Waals surface area contributed by atoms with Crippen LogP contribution in [0.2, 0.25) is 0 Å². The highest BCUT2D eigenvalue weighted by molar-refractivity contribution is 7.99. The lowest BCUT2D eigenvalue weighted by atomic mass is 9.90. The monoisotopic (exact) mass is 404 g/mol. The predicted octanol–water partition coefficient (Wildman–Crippen LogP) is 4.91. The highest BCUT2D eigenvalue weighted by Gasteiger charge is 2.30. The number of methoxy groups -OCH3 is 1. The van der Waals surface area contributed by atoms with Gasteiger partial charge in [0.2, 0.25) is 11.8 Å². The topological polar surface area (TPSA) is 67.4 Å². The summed E-state index contributed by atoms with van der Waals surface area (Å²) in [6, 6.07) is 23.0. The van der Waals surface area contributed by atoms with Crippen LogP contribution in [0.1, 0.15) is 17.9 Å². The first-order valence-corrected chi connectivity index (χ1v) is 10.1. The van der Waals surface area contributed by atoms with Crippen LogP contribution in [0, 0.1) is 0 Å². The zero-order valence-electron chi connectivity index (χ0n) is 15.8. The Balaban J connectivity index is 1.43. The molecule has 1 atom stereocenters. The number of ether oxygens (including phenoxy) is 1. The minimum absolute atomic E-state index is 0.143. The van der Waals surface area contributed by atoms with Gasteiger partial charge in [-0.3, -0.25) is 9.59 Å². The lowest BCUT2D eigenvalue weighted by Gasteiger charge is -2.24. The number of anilines is 2. The third-order valence-corrected chi connectivity index (χ3v) is 5.75. The number of hydrogen-bond acceptors (Lipinski definition) is 4. The summed E-state index contributed by atoms with van der Waals surface area (Å²) >= 11 is 1.63.